The lowest BCUT2D eigenvalue weighted by atomic mass is 9.78. The van der Waals surface area contributed by atoms with Gasteiger partial charge in [-0.05, 0) is 17.0 Å². The molecule has 9 heteroatoms. The van der Waals surface area contributed by atoms with E-state index < -0.39 is 35.7 Å². The van der Waals surface area contributed by atoms with Crippen molar-refractivity contribution in [1.82, 2.24) is 10.2 Å². The second-order valence-electron chi connectivity index (χ2n) is 5.94. The number of hydrogen-bond donors (Lipinski definition) is 2. The Bertz CT molecular complexity index is 810. The van der Waals surface area contributed by atoms with Gasteiger partial charge in [-0.2, -0.15) is 13.2 Å². The van der Waals surface area contributed by atoms with Crippen molar-refractivity contribution < 1.29 is 27.9 Å². The first-order valence-electron chi connectivity index (χ1n) is 7.64. The first kappa shape index (κ1) is 18.4. The molecule has 0 bridgehead atoms. The van der Waals surface area contributed by atoms with E-state index in [2.05, 4.69) is 5.32 Å². The Kier molecular flexibility index (Phi) is 4.53. The number of thiophene rings is 1. The summed E-state index contributed by atoms with van der Waals surface area (Å²) in [5.74, 6) is -2.85. The number of rotatable bonds is 3. The van der Waals surface area contributed by atoms with Gasteiger partial charge in [0.25, 0.3) is 5.72 Å². The van der Waals surface area contributed by atoms with Crippen molar-refractivity contribution in [3.63, 3.8) is 0 Å². The molecule has 138 valence electrons. The number of carbonyl (C=O) groups is 2. The third-order valence-corrected chi connectivity index (χ3v) is 5.37. The number of nitrogens with zero attached hydrogens (tertiary/aromatic N) is 1. The highest BCUT2D eigenvalue weighted by atomic mass is 32.1. The second-order valence-corrected chi connectivity index (χ2v) is 6.89. The quantitative estimate of drug-likeness (QED) is 0.799. The molecule has 3 rings (SSSR count). The van der Waals surface area contributed by atoms with Crippen LogP contribution in [0.15, 0.2) is 47.8 Å². The normalized spacial score (nSPS) is 26.5. The van der Waals surface area contributed by atoms with Gasteiger partial charge in [-0.25, -0.2) is 4.79 Å². The fourth-order valence-corrected chi connectivity index (χ4v) is 3.82. The van der Waals surface area contributed by atoms with Crippen molar-refractivity contribution in [2.24, 2.45) is 5.92 Å². The Hall–Kier alpha value is -2.39. The third kappa shape index (κ3) is 2.77. The zero-order chi connectivity index (χ0) is 19.1. The standard InChI is InChI=1S/C17H15F3N2O3S/c1-22-15(24)21-13(10-6-3-2-4-7-10)12(16(22,25)17(18,19)20)14(23)11-8-5-9-26-11/h2-9,12-13,25H,1H3,(H,21,24)/t12-,13+,16+/m0/s1. The van der Waals surface area contributed by atoms with Gasteiger partial charge in [0, 0.05) is 7.05 Å². The Labute approximate surface area is 151 Å². The Morgan fingerprint density at radius 3 is 2.42 bits per heavy atom. The van der Waals surface area contributed by atoms with Crippen LogP contribution in [0.1, 0.15) is 21.3 Å². The smallest absolute Gasteiger partial charge is 0.363 e. The molecule has 0 saturated carbocycles. The molecule has 0 radical (unpaired) electrons. The molecule has 1 aromatic carbocycles. The molecular weight excluding hydrogens is 369 g/mol. The molecule has 2 N–H and O–H groups in total. The van der Waals surface area contributed by atoms with Gasteiger partial charge in [-0.1, -0.05) is 36.4 Å². The predicted molar refractivity (Wildman–Crippen MR) is 88.6 cm³/mol. The Morgan fingerprint density at radius 2 is 1.88 bits per heavy atom. The average Bonchev–Trinajstić information content (AvgIpc) is 3.13. The van der Waals surface area contributed by atoms with E-state index in [-0.39, 0.29) is 9.78 Å². The molecular formula is C17H15F3N2O3S. The molecule has 0 aliphatic carbocycles. The number of alkyl halides is 3. The van der Waals surface area contributed by atoms with Crippen LogP contribution in [0.5, 0.6) is 0 Å². The van der Waals surface area contributed by atoms with E-state index in [0.29, 0.717) is 5.56 Å². The van der Waals surface area contributed by atoms with Crippen LogP contribution in [0.2, 0.25) is 0 Å². The summed E-state index contributed by atoms with van der Waals surface area (Å²) in [5, 5.41) is 14.6. The fraction of sp³-hybridized carbons (Fsp3) is 0.294. The number of hydrogen-bond acceptors (Lipinski definition) is 4. The Morgan fingerprint density at radius 1 is 1.23 bits per heavy atom. The molecule has 1 aliphatic heterocycles. The molecule has 1 fully saturated rings. The molecule has 3 atom stereocenters. The zero-order valence-corrected chi connectivity index (χ0v) is 14.3. The number of amides is 2. The van der Waals surface area contributed by atoms with Gasteiger partial charge < -0.3 is 10.4 Å². The first-order chi connectivity index (χ1) is 12.2. The van der Waals surface area contributed by atoms with Gasteiger partial charge in [-0.15, -0.1) is 11.3 Å². The summed E-state index contributed by atoms with van der Waals surface area (Å²) in [4.78, 5) is 25.3. The van der Waals surface area contributed by atoms with E-state index in [9.17, 15) is 27.9 Å². The van der Waals surface area contributed by atoms with Crippen LogP contribution in [0.3, 0.4) is 0 Å². The maximum atomic E-state index is 13.9. The molecule has 1 saturated heterocycles. The number of aliphatic hydroxyl groups is 1. The summed E-state index contributed by atoms with van der Waals surface area (Å²) >= 11 is 0.976. The average molecular weight is 384 g/mol. The molecule has 0 spiro atoms. The number of benzene rings is 1. The van der Waals surface area contributed by atoms with Crippen LogP contribution < -0.4 is 5.32 Å². The minimum atomic E-state index is -5.23. The van der Waals surface area contributed by atoms with Crippen molar-refractivity contribution in [2.45, 2.75) is 17.9 Å². The summed E-state index contributed by atoms with van der Waals surface area (Å²) < 4.78 is 41.6. The summed E-state index contributed by atoms with van der Waals surface area (Å²) in [7, 11) is 0.818. The lowest BCUT2D eigenvalue weighted by Crippen LogP contribution is -2.72. The SMILES string of the molecule is CN1C(=O)N[C@H](c2ccccc2)[C@@H](C(=O)c2cccs2)[C@@]1(O)C(F)(F)F. The highest BCUT2D eigenvalue weighted by Gasteiger charge is 2.69. The van der Waals surface area contributed by atoms with Crippen LogP contribution in [0.25, 0.3) is 0 Å². The number of ketones is 1. The van der Waals surface area contributed by atoms with E-state index in [0.717, 1.165) is 18.4 Å². The predicted octanol–water partition coefficient (Wildman–Crippen LogP) is 3.19. The minimum absolute atomic E-state index is 0.0724. The minimum Gasteiger partial charge on any atom is -0.363 e. The highest BCUT2D eigenvalue weighted by molar-refractivity contribution is 7.12. The summed E-state index contributed by atoms with van der Waals surface area (Å²) in [5.41, 5.74) is -3.34. The zero-order valence-electron chi connectivity index (χ0n) is 13.5. The number of carbonyl (C=O) groups excluding carboxylic acids is 2. The van der Waals surface area contributed by atoms with Crippen molar-refractivity contribution in [2.75, 3.05) is 7.05 Å². The van der Waals surface area contributed by atoms with Crippen LogP contribution >= 0.6 is 11.3 Å². The molecule has 1 aliphatic rings. The topological polar surface area (TPSA) is 69.6 Å². The first-order valence-corrected chi connectivity index (χ1v) is 8.52. The lowest BCUT2D eigenvalue weighted by Gasteiger charge is -2.49. The van der Waals surface area contributed by atoms with Crippen molar-refractivity contribution in [3.8, 4) is 0 Å². The van der Waals surface area contributed by atoms with Gasteiger partial charge >= 0.3 is 12.2 Å². The van der Waals surface area contributed by atoms with E-state index in [4.69, 9.17) is 0 Å². The number of nitrogens with one attached hydrogen (secondary N) is 1. The molecule has 1 aromatic heterocycles. The van der Waals surface area contributed by atoms with Crippen LogP contribution in [0.4, 0.5) is 18.0 Å². The van der Waals surface area contributed by atoms with Crippen molar-refractivity contribution >= 4 is 23.2 Å². The van der Waals surface area contributed by atoms with E-state index >= 15 is 0 Å². The summed E-state index contributed by atoms with van der Waals surface area (Å²) in [6.45, 7) is 0. The summed E-state index contributed by atoms with van der Waals surface area (Å²) in [6, 6.07) is 8.30. The maximum absolute atomic E-state index is 13.9. The third-order valence-electron chi connectivity index (χ3n) is 4.48. The molecule has 2 aromatic rings. The van der Waals surface area contributed by atoms with Gasteiger partial charge in [-0.3, -0.25) is 9.69 Å². The van der Waals surface area contributed by atoms with Gasteiger partial charge in [0.2, 0.25) is 0 Å². The van der Waals surface area contributed by atoms with Gasteiger partial charge in [0.05, 0.1) is 10.9 Å². The number of urea groups is 1. The molecule has 2 amide bonds. The van der Waals surface area contributed by atoms with Crippen LogP contribution in [-0.2, 0) is 0 Å². The Balaban J connectivity index is 2.20. The number of Topliss-reactive ketones (excluding diaryl/α,β-unsaturated/α-hetero) is 1. The van der Waals surface area contributed by atoms with Crippen molar-refractivity contribution in [1.29, 1.82) is 0 Å². The van der Waals surface area contributed by atoms with Crippen LogP contribution in [-0.4, -0.2) is 40.8 Å². The van der Waals surface area contributed by atoms with E-state index in [1.807, 2.05) is 0 Å². The summed E-state index contributed by atoms with van der Waals surface area (Å²) in [6.07, 6.45) is -5.23. The lowest BCUT2D eigenvalue weighted by molar-refractivity contribution is -0.322. The van der Waals surface area contributed by atoms with Gasteiger partial charge in [0.15, 0.2) is 5.78 Å². The van der Waals surface area contributed by atoms with E-state index in [1.165, 1.54) is 24.3 Å². The largest absolute Gasteiger partial charge is 0.437 e. The molecule has 2 heterocycles. The number of halogens is 3. The highest BCUT2D eigenvalue weighted by Crippen LogP contribution is 2.47. The molecule has 26 heavy (non-hydrogen) atoms. The van der Waals surface area contributed by atoms with Crippen molar-refractivity contribution in [3.05, 3.63) is 58.3 Å². The van der Waals surface area contributed by atoms with E-state index in [1.54, 1.807) is 23.6 Å². The van der Waals surface area contributed by atoms with Crippen LogP contribution in [0, 0.1) is 5.92 Å². The molecule has 5 nitrogen and oxygen atoms in total. The van der Waals surface area contributed by atoms with Gasteiger partial charge in [0.1, 0.15) is 5.92 Å². The second kappa shape index (κ2) is 6.40. The molecule has 0 unspecified atom stereocenters. The monoisotopic (exact) mass is 384 g/mol. The maximum Gasteiger partial charge on any atom is 0.437 e. The fourth-order valence-electron chi connectivity index (χ4n) is 3.12.